The maximum absolute atomic E-state index is 9.83. The summed E-state index contributed by atoms with van der Waals surface area (Å²) in [5.74, 6) is 0.776. The van der Waals surface area contributed by atoms with Crippen LogP contribution in [0.25, 0.3) is 10.9 Å². The first kappa shape index (κ1) is 12.3. The number of anilines is 1. The van der Waals surface area contributed by atoms with E-state index in [0.717, 1.165) is 23.3 Å². The van der Waals surface area contributed by atoms with E-state index < -0.39 is 6.10 Å². The van der Waals surface area contributed by atoms with Crippen LogP contribution in [-0.2, 0) is 0 Å². The molecule has 2 atom stereocenters. The highest BCUT2D eigenvalue weighted by Crippen LogP contribution is 2.27. The Morgan fingerprint density at radius 2 is 2.11 bits per heavy atom. The van der Waals surface area contributed by atoms with Gasteiger partial charge in [0.05, 0.1) is 18.2 Å². The number of aliphatic hydroxyl groups is 2. The second-order valence-electron chi connectivity index (χ2n) is 4.96. The third-order valence-corrected chi connectivity index (χ3v) is 3.75. The number of hydrogen-bond donors (Lipinski definition) is 2. The van der Waals surface area contributed by atoms with Crippen molar-refractivity contribution in [3.05, 3.63) is 30.6 Å². The van der Waals surface area contributed by atoms with E-state index in [2.05, 4.69) is 14.9 Å². The van der Waals surface area contributed by atoms with Crippen LogP contribution in [0.15, 0.2) is 30.6 Å². The average molecular weight is 259 g/mol. The lowest BCUT2D eigenvalue weighted by Crippen LogP contribution is -2.45. The molecule has 1 fully saturated rings. The van der Waals surface area contributed by atoms with Crippen LogP contribution in [0.2, 0.25) is 0 Å². The lowest BCUT2D eigenvalue weighted by molar-refractivity contribution is 0.0524. The summed E-state index contributed by atoms with van der Waals surface area (Å²) < 4.78 is 0. The van der Waals surface area contributed by atoms with Crippen molar-refractivity contribution in [3.8, 4) is 0 Å². The summed E-state index contributed by atoms with van der Waals surface area (Å²) >= 11 is 0. The number of benzene rings is 1. The first-order valence-corrected chi connectivity index (χ1v) is 6.53. The minimum absolute atomic E-state index is 0.000677. The number of rotatable bonds is 2. The number of para-hydroxylation sites is 1. The fraction of sp³-hybridized carbons (Fsp3) is 0.429. The van der Waals surface area contributed by atoms with E-state index in [1.54, 1.807) is 6.33 Å². The first-order chi connectivity index (χ1) is 9.29. The van der Waals surface area contributed by atoms with Gasteiger partial charge in [0.15, 0.2) is 0 Å². The number of aliphatic hydroxyl groups excluding tert-OH is 2. The maximum atomic E-state index is 9.83. The van der Waals surface area contributed by atoms with Crippen LogP contribution in [0.1, 0.15) is 6.42 Å². The molecule has 5 nitrogen and oxygen atoms in total. The van der Waals surface area contributed by atoms with Crippen molar-refractivity contribution in [1.29, 1.82) is 0 Å². The minimum Gasteiger partial charge on any atom is -0.396 e. The number of aromatic nitrogens is 2. The maximum Gasteiger partial charge on any atom is 0.139 e. The van der Waals surface area contributed by atoms with Crippen molar-refractivity contribution < 1.29 is 10.2 Å². The first-order valence-electron chi connectivity index (χ1n) is 6.53. The third-order valence-electron chi connectivity index (χ3n) is 3.75. The van der Waals surface area contributed by atoms with Gasteiger partial charge in [0.1, 0.15) is 12.1 Å². The Kier molecular flexibility index (Phi) is 3.31. The van der Waals surface area contributed by atoms with Crippen molar-refractivity contribution in [2.45, 2.75) is 12.5 Å². The summed E-state index contributed by atoms with van der Waals surface area (Å²) in [6.45, 7) is 1.37. The zero-order chi connectivity index (χ0) is 13.2. The van der Waals surface area contributed by atoms with E-state index in [-0.39, 0.29) is 12.5 Å². The summed E-state index contributed by atoms with van der Waals surface area (Å²) in [6.07, 6.45) is 1.80. The van der Waals surface area contributed by atoms with E-state index in [0.29, 0.717) is 13.0 Å². The van der Waals surface area contributed by atoms with E-state index >= 15 is 0 Å². The number of hydrogen-bond acceptors (Lipinski definition) is 5. The Bertz CT molecular complexity index is 570. The topological polar surface area (TPSA) is 69.5 Å². The van der Waals surface area contributed by atoms with Crippen LogP contribution in [0.4, 0.5) is 5.82 Å². The van der Waals surface area contributed by atoms with E-state index in [9.17, 15) is 10.2 Å². The second kappa shape index (κ2) is 5.11. The van der Waals surface area contributed by atoms with Gasteiger partial charge in [-0.15, -0.1) is 0 Å². The van der Waals surface area contributed by atoms with E-state index in [4.69, 9.17) is 0 Å². The van der Waals surface area contributed by atoms with Gasteiger partial charge >= 0.3 is 0 Å². The molecule has 0 unspecified atom stereocenters. The molecule has 2 aromatic rings. The molecule has 19 heavy (non-hydrogen) atoms. The molecule has 3 rings (SSSR count). The molecule has 5 heteroatoms. The van der Waals surface area contributed by atoms with E-state index in [1.807, 2.05) is 24.3 Å². The van der Waals surface area contributed by atoms with Gasteiger partial charge in [-0.3, -0.25) is 0 Å². The zero-order valence-electron chi connectivity index (χ0n) is 10.6. The fourth-order valence-electron chi connectivity index (χ4n) is 2.63. The Morgan fingerprint density at radius 3 is 2.95 bits per heavy atom. The number of piperidine rings is 1. The Balaban J connectivity index is 1.96. The highest BCUT2D eigenvalue weighted by Gasteiger charge is 2.28. The molecule has 0 bridgehead atoms. The molecule has 0 aliphatic carbocycles. The summed E-state index contributed by atoms with van der Waals surface area (Å²) in [6, 6.07) is 7.89. The van der Waals surface area contributed by atoms with Crippen LogP contribution < -0.4 is 4.90 Å². The van der Waals surface area contributed by atoms with Gasteiger partial charge in [0, 0.05) is 24.4 Å². The largest absolute Gasteiger partial charge is 0.396 e. The molecular weight excluding hydrogens is 242 g/mol. The fourth-order valence-corrected chi connectivity index (χ4v) is 2.63. The number of fused-ring (bicyclic) bond motifs is 1. The molecule has 0 spiro atoms. The molecule has 2 N–H and O–H groups in total. The number of nitrogens with zero attached hydrogens (tertiary/aromatic N) is 3. The summed E-state index contributed by atoms with van der Waals surface area (Å²) in [4.78, 5) is 10.8. The van der Waals surface area contributed by atoms with Crippen LogP contribution >= 0.6 is 0 Å². The Labute approximate surface area is 111 Å². The normalized spacial score (nSPS) is 23.8. The molecular formula is C14H17N3O2. The van der Waals surface area contributed by atoms with Crippen molar-refractivity contribution in [3.63, 3.8) is 0 Å². The van der Waals surface area contributed by atoms with Gasteiger partial charge in [-0.05, 0) is 18.6 Å². The van der Waals surface area contributed by atoms with Crippen molar-refractivity contribution >= 4 is 16.7 Å². The molecule has 1 aromatic carbocycles. The molecule has 1 saturated heterocycles. The molecule has 100 valence electrons. The SMILES string of the molecule is OC[C@H]1CN(c2ncnc3ccccc23)CC[C@H]1O. The standard InChI is InChI=1S/C14H17N3O2/c18-8-10-7-17(6-5-13(10)19)14-11-3-1-2-4-12(11)15-9-16-14/h1-4,9-10,13,18-19H,5-8H2/t10-,13-/m1/s1. The molecule has 0 amide bonds. The zero-order valence-corrected chi connectivity index (χ0v) is 10.6. The van der Waals surface area contributed by atoms with Crippen LogP contribution in [0.3, 0.4) is 0 Å². The van der Waals surface area contributed by atoms with Gasteiger partial charge < -0.3 is 15.1 Å². The average Bonchev–Trinajstić information content (AvgIpc) is 2.47. The monoisotopic (exact) mass is 259 g/mol. The lowest BCUT2D eigenvalue weighted by atomic mass is 9.95. The summed E-state index contributed by atoms with van der Waals surface area (Å²) in [5, 5.41) is 20.2. The van der Waals surface area contributed by atoms with Crippen LogP contribution in [-0.4, -0.2) is 46.0 Å². The van der Waals surface area contributed by atoms with Crippen LogP contribution in [0.5, 0.6) is 0 Å². The smallest absolute Gasteiger partial charge is 0.139 e. The highest BCUT2D eigenvalue weighted by molar-refractivity contribution is 5.89. The van der Waals surface area contributed by atoms with Crippen molar-refractivity contribution in [1.82, 2.24) is 9.97 Å². The van der Waals surface area contributed by atoms with Gasteiger partial charge in [0.25, 0.3) is 0 Å². The predicted octanol–water partition coefficient (Wildman–Crippen LogP) is 0.809. The molecule has 0 saturated carbocycles. The molecule has 1 aliphatic heterocycles. The minimum atomic E-state index is -0.422. The van der Waals surface area contributed by atoms with Gasteiger partial charge in [-0.2, -0.15) is 0 Å². The molecule has 0 radical (unpaired) electrons. The third kappa shape index (κ3) is 2.27. The van der Waals surface area contributed by atoms with Gasteiger partial charge in [0.2, 0.25) is 0 Å². The highest BCUT2D eigenvalue weighted by atomic mass is 16.3. The quantitative estimate of drug-likeness (QED) is 0.835. The molecule has 2 heterocycles. The van der Waals surface area contributed by atoms with Crippen molar-refractivity contribution in [2.24, 2.45) is 5.92 Å². The summed E-state index contributed by atoms with van der Waals surface area (Å²) in [5.41, 5.74) is 0.916. The van der Waals surface area contributed by atoms with Crippen molar-refractivity contribution in [2.75, 3.05) is 24.6 Å². The van der Waals surface area contributed by atoms with E-state index in [1.165, 1.54) is 0 Å². The lowest BCUT2D eigenvalue weighted by Gasteiger charge is -2.36. The molecule has 1 aromatic heterocycles. The van der Waals surface area contributed by atoms with Gasteiger partial charge in [-0.1, -0.05) is 12.1 Å². The Hall–Kier alpha value is -1.72. The summed E-state index contributed by atoms with van der Waals surface area (Å²) in [7, 11) is 0. The van der Waals surface area contributed by atoms with Crippen LogP contribution in [0, 0.1) is 5.92 Å². The second-order valence-corrected chi connectivity index (χ2v) is 4.96. The Morgan fingerprint density at radius 1 is 1.26 bits per heavy atom. The molecule has 1 aliphatic rings. The van der Waals surface area contributed by atoms with Gasteiger partial charge in [-0.25, -0.2) is 9.97 Å². The predicted molar refractivity (Wildman–Crippen MR) is 73.0 cm³/mol.